The molecule has 0 aliphatic heterocycles. The van der Waals surface area contributed by atoms with Crippen LogP contribution in [0.25, 0.3) is 11.3 Å². The molecule has 0 spiro atoms. The molecule has 0 unspecified atom stereocenters. The van der Waals surface area contributed by atoms with E-state index in [1.807, 2.05) is 6.92 Å². The molecule has 2 aromatic rings. The monoisotopic (exact) mass is 591 g/mol. The number of rotatable bonds is 10. The molecule has 0 saturated heterocycles. The fraction of sp³-hybridized carbons (Fsp3) is 0.640. The number of ether oxygens (including phenoxy) is 1. The summed E-state index contributed by atoms with van der Waals surface area (Å²) in [6, 6.07) is 1.52. The van der Waals surface area contributed by atoms with Gasteiger partial charge in [0.25, 0.3) is 5.91 Å². The Bertz CT molecular complexity index is 1320. The normalized spacial score (nSPS) is 20.9. The van der Waals surface area contributed by atoms with Gasteiger partial charge in [-0.05, 0) is 51.4 Å². The predicted octanol–water partition coefficient (Wildman–Crippen LogP) is 4.86. The quantitative estimate of drug-likeness (QED) is 0.405. The Labute approximate surface area is 230 Å². The second-order valence-electron chi connectivity index (χ2n) is 10.5. The minimum Gasteiger partial charge on any atom is -0.496 e. The van der Waals surface area contributed by atoms with Crippen molar-refractivity contribution in [3.63, 3.8) is 0 Å². The number of anilines is 1. The van der Waals surface area contributed by atoms with Crippen molar-refractivity contribution in [1.29, 1.82) is 0 Å². The average molecular weight is 592 g/mol. The number of amides is 1. The summed E-state index contributed by atoms with van der Waals surface area (Å²) < 4.78 is 69.6. The lowest BCUT2D eigenvalue weighted by Gasteiger charge is -2.27. The van der Waals surface area contributed by atoms with Gasteiger partial charge in [-0.1, -0.05) is 11.6 Å². The molecule has 2 aromatic heterocycles. The van der Waals surface area contributed by atoms with Crippen LogP contribution in [0.2, 0.25) is 5.02 Å². The molecule has 2 aliphatic rings. The predicted molar refractivity (Wildman–Crippen MR) is 142 cm³/mol. The van der Waals surface area contributed by atoms with Gasteiger partial charge < -0.3 is 15.4 Å². The third-order valence-electron chi connectivity index (χ3n) is 7.49. The highest BCUT2D eigenvalue weighted by molar-refractivity contribution is 7.91. The van der Waals surface area contributed by atoms with Crippen molar-refractivity contribution < 1.29 is 31.1 Å². The van der Waals surface area contributed by atoms with Crippen LogP contribution < -0.4 is 15.4 Å². The lowest BCUT2D eigenvalue weighted by molar-refractivity contribution is -0.138. The molecule has 2 fully saturated rings. The third-order valence-corrected chi connectivity index (χ3v) is 9.53. The number of carbonyl (C=O) groups is 1. The summed E-state index contributed by atoms with van der Waals surface area (Å²) in [5.41, 5.74) is -0.174. The zero-order valence-corrected chi connectivity index (χ0v) is 23.6. The second kappa shape index (κ2) is 11.1. The summed E-state index contributed by atoms with van der Waals surface area (Å²) in [4.78, 5) is 17.3. The first-order valence-corrected chi connectivity index (χ1v) is 15.2. The molecular formula is C25H33ClF3N5O4S. The molecule has 216 valence electrons. The van der Waals surface area contributed by atoms with Gasteiger partial charge >= 0.3 is 6.18 Å². The van der Waals surface area contributed by atoms with Gasteiger partial charge in [0.15, 0.2) is 5.69 Å². The molecule has 2 heterocycles. The van der Waals surface area contributed by atoms with Gasteiger partial charge in [0.05, 0.1) is 35.1 Å². The van der Waals surface area contributed by atoms with Gasteiger partial charge in [0.1, 0.15) is 21.4 Å². The maximum Gasteiger partial charge on any atom is 0.391 e. The van der Waals surface area contributed by atoms with Crippen LogP contribution in [-0.2, 0) is 16.4 Å². The molecule has 0 atom stereocenters. The van der Waals surface area contributed by atoms with E-state index < -0.39 is 33.9 Å². The van der Waals surface area contributed by atoms with Crippen molar-refractivity contribution in [2.75, 3.05) is 25.2 Å². The van der Waals surface area contributed by atoms with Crippen LogP contribution in [0.1, 0.15) is 62.4 Å². The highest BCUT2D eigenvalue weighted by Gasteiger charge is 2.51. The summed E-state index contributed by atoms with van der Waals surface area (Å²) in [7, 11) is -1.64. The van der Waals surface area contributed by atoms with Gasteiger partial charge in [0, 0.05) is 37.1 Å². The van der Waals surface area contributed by atoms with E-state index >= 15 is 0 Å². The number of hydrogen-bond acceptors (Lipinski definition) is 7. The van der Waals surface area contributed by atoms with Crippen molar-refractivity contribution in [2.45, 2.75) is 75.4 Å². The zero-order chi connectivity index (χ0) is 28.6. The summed E-state index contributed by atoms with van der Waals surface area (Å²) in [6.07, 6.45) is 0.806. The third kappa shape index (κ3) is 6.97. The number of sulfone groups is 1. The molecule has 4 rings (SSSR count). The fourth-order valence-electron chi connectivity index (χ4n) is 5.16. The highest BCUT2D eigenvalue weighted by atomic mass is 35.5. The number of carbonyl (C=O) groups excluding carboxylic acids is 1. The molecule has 0 bridgehead atoms. The molecule has 1 amide bonds. The van der Waals surface area contributed by atoms with Crippen LogP contribution in [-0.4, -0.2) is 66.0 Å². The molecule has 2 aliphatic carbocycles. The standard InChI is InChI=1S/C25H33ClF3N5O4S/c1-4-34-22(17-13-30-19(11-18(17)38-2)32-24(9-10-24)14-25(27,28)29)20(26)21(33-34)23(35)31-12-15-5-7-16(8-6-15)39(3,36)37/h11,13,15-16H,4-10,12,14H2,1-3H3,(H,30,32)(H,31,35)/t15-,16-. The minimum atomic E-state index is -4.29. The first kappa shape index (κ1) is 29.4. The Morgan fingerprint density at radius 1 is 1.26 bits per heavy atom. The van der Waals surface area contributed by atoms with Crippen LogP contribution in [0, 0.1) is 5.92 Å². The van der Waals surface area contributed by atoms with Crippen LogP contribution in [0.5, 0.6) is 5.75 Å². The Morgan fingerprint density at radius 3 is 2.46 bits per heavy atom. The van der Waals surface area contributed by atoms with E-state index in [-0.39, 0.29) is 27.7 Å². The largest absolute Gasteiger partial charge is 0.496 e. The summed E-state index contributed by atoms with van der Waals surface area (Å²) in [5.74, 6) is 0.280. The SMILES string of the molecule is CCn1nc(C(=O)NC[C@H]2CC[C@H](S(C)(=O)=O)CC2)c(Cl)c1-c1cnc(NC2(CC(F)(F)F)CC2)cc1OC. The summed E-state index contributed by atoms with van der Waals surface area (Å²) in [6.45, 7) is 2.60. The molecule has 9 nitrogen and oxygen atoms in total. The Morgan fingerprint density at radius 2 is 1.92 bits per heavy atom. The maximum absolute atomic E-state index is 13.0. The number of alkyl halides is 3. The molecule has 2 saturated carbocycles. The lowest BCUT2D eigenvalue weighted by Crippen LogP contribution is -2.34. The Hall–Kier alpha value is -2.54. The fourth-order valence-corrected chi connectivity index (χ4v) is 6.61. The van der Waals surface area contributed by atoms with E-state index in [2.05, 4.69) is 20.7 Å². The van der Waals surface area contributed by atoms with E-state index in [0.29, 0.717) is 68.6 Å². The summed E-state index contributed by atoms with van der Waals surface area (Å²) in [5, 5.41) is 9.94. The Balaban J connectivity index is 1.49. The topological polar surface area (TPSA) is 115 Å². The van der Waals surface area contributed by atoms with Gasteiger partial charge in [0.2, 0.25) is 0 Å². The first-order chi connectivity index (χ1) is 18.2. The molecule has 2 N–H and O–H groups in total. The second-order valence-corrected chi connectivity index (χ2v) is 13.2. The van der Waals surface area contributed by atoms with Gasteiger partial charge in [-0.2, -0.15) is 18.3 Å². The van der Waals surface area contributed by atoms with Crippen molar-refractivity contribution in [3.05, 3.63) is 23.0 Å². The van der Waals surface area contributed by atoms with E-state index in [0.717, 1.165) is 0 Å². The number of aromatic nitrogens is 3. The number of halogens is 4. The van der Waals surface area contributed by atoms with Crippen molar-refractivity contribution in [3.8, 4) is 17.0 Å². The van der Waals surface area contributed by atoms with Crippen molar-refractivity contribution >= 4 is 33.2 Å². The lowest BCUT2D eigenvalue weighted by atomic mass is 9.89. The molecule has 0 aromatic carbocycles. The number of pyridine rings is 1. The van der Waals surface area contributed by atoms with Crippen LogP contribution in [0.15, 0.2) is 12.3 Å². The number of hydrogen-bond donors (Lipinski definition) is 2. The number of nitrogens with zero attached hydrogens (tertiary/aromatic N) is 3. The summed E-state index contributed by atoms with van der Waals surface area (Å²) >= 11 is 6.65. The molecule has 0 radical (unpaired) electrons. The van der Waals surface area contributed by atoms with Crippen molar-refractivity contribution in [1.82, 2.24) is 20.1 Å². The van der Waals surface area contributed by atoms with Gasteiger partial charge in [-0.3, -0.25) is 9.48 Å². The molecular weight excluding hydrogens is 559 g/mol. The Kier molecular flexibility index (Phi) is 8.42. The average Bonchev–Trinajstić information content (AvgIpc) is 3.52. The highest BCUT2D eigenvalue weighted by Crippen LogP contribution is 2.47. The van der Waals surface area contributed by atoms with E-state index in [4.69, 9.17) is 16.3 Å². The van der Waals surface area contributed by atoms with Crippen molar-refractivity contribution in [2.24, 2.45) is 5.92 Å². The van der Waals surface area contributed by atoms with Crippen LogP contribution in [0.3, 0.4) is 0 Å². The van der Waals surface area contributed by atoms with Crippen LogP contribution >= 0.6 is 11.6 Å². The van der Waals surface area contributed by atoms with E-state index in [9.17, 15) is 26.4 Å². The minimum absolute atomic E-state index is 0.0321. The van der Waals surface area contributed by atoms with Gasteiger partial charge in [-0.15, -0.1) is 0 Å². The van der Waals surface area contributed by atoms with E-state index in [1.165, 1.54) is 25.6 Å². The van der Waals surface area contributed by atoms with Gasteiger partial charge in [-0.25, -0.2) is 13.4 Å². The zero-order valence-electron chi connectivity index (χ0n) is 22.1. The molecule has 39 heavy (non-hydrogen) atoms. The number of aryl methyl sites for hydroxylation is 1. The number of nitrogens with one attached hydrogen (secondary N) is 2. The van der Waals surface area contributed by atoms with E-state index in [1.54, 1.807) is 4.68 Å². The number of methoxy groups -OCH3 is 1. The molecule has 14 heteroatoms. The maximum atomic E-state index is 13.0. The first-order valence-electron chi connectivity index (χ1n) is 12.9. The van der Waals surface area contributed by atoms with Crippen LogP contribution in [0.4, 0.5) is 19.0 Å². The smallest absolute Gasteiger partial charge is 0.391 e.